The molecule has 0 aliphatic heterocycles. The monoisotopic (exact) mass is 194 g/mol. The normalized spacial score (nSPS) is 13.7. The van der Waals surface area contributed by atoms with Crippen LogP contribution in [0.1, 0.15) is 6.42 Å². The van der Waals surface area contributed by atoms with Crippen LogP contribution in [0.2, 0.25) is 16.1 Å². The van der Waals surface area contributed by atoms with E-state index in [-0.39, 0.29) is 0 Å². The molecule has 0 spiro atoms. The van der Waals surface area contributed by atoms with Crippen molar-refractivity contribution in [1.82, 2.24) is 0 Å². The van der Waals surface area contributed by atoms with Crippen molar-refractivity contribution in [3.8, 4) is 0 Å². The van der Waals surface area contributed by atoms with E-state index < -0.39 is 14.7 Å². The molecule has 0 amide bonds. The Labute approximate surface area is 61.2 Å². The van der Waals surface area contributed by atoms with Gasteiger partial charge in [-0.2, -0.15) is 0 Å². The third-order valence-corrected chi connectivity index (χ3v) is 5.47. The molecule has 0 aromatic rings. The number of hydrogen-bond acceptors (Lipinski definition) is 2. The van der Waals surface area contributed by atoms with Crippen LogP contribution >= 0.6 is 0 Å². The summed E-state index contributed by atoms with van der Waals surface area (Å²) in [5.74, 6) is 0. The Morgan fingerprint density at radius 3 is 2.22 bits per heavy atom. The van der Waals surface area contributed by atoms with Gasteiger partial charge in [0.2, 0.25) is 0 Å². The van der Waals surface area contributed by atoms with Crippen molar-refractivity contribution in [2.75, 3.05) is 13.2 Å². The van der Waals surface area contributed by atoms with Gasteiger partial charge in [0.1, 0.15) is 0 Å². The maximum atomic E-state index is 8.51. The van der Waals surface area contributed by atoms with Crippen LogP contribution in [0.4, 0.5) is 0 Å². The summed E-state index contributed by atoms with van der Waals surface area (Å²) < 4.78 is 0. The third-order valence-electron chi connectivity index (χ3n) is 1.18. The first-order valence-corrected chi connectivity index (χ1v) is 7.74. The standard InChI is InChI=1S/C6H15AsO2/c1-7(4-6-9)3-2-5-8/h8-9H,2-6H2,1H3. The van der Waals surface area contributed by atoms with Crippen LogP contribution in [0.3, 0.4) is 0 Å². The average Bonchev–Trinajstić information content (AvgIpc) is 1.85. The van der Waals surface area contributed by atoms with Gasteiger partial charge >= 0.3 is 60.6 Å². The van der Waals surface area contributed by atoms with Gasteiger partial charge in [-0.15, -0.1) is 0 Å². The van der Waals surface area contributed by atoms with Gasteiger partial charge < -0.3 is 0 Å². The number of hydrogen-bond donors (Lipinski definition) is 2. The van der Waals surface area contributed by atoms with Crippen molar-refractivity contribution in [3.05, 3.63) is 0 Å². The molecule has 0 bridgehead atoms. The first-order chi connectivity index (χ1) is 4.31. The van der Waals surface area contributed by atoms with E-state index in [1.165, 1.54) is 5.21 Å². The molecule has 0 saturated heterocycles. The van der Waals surface area contributed by atoms with E-state index in [0.717, 1.165) is 11.6 Å². The predicted octanol–water partition coefficient (Wildman–Crippen LogP) is 0.486. The average molecular weight is 194 g/mol. The van der Waals surface area contributed by atoms with E-state index >= 15 is 0 Å². The van der Waals surface area contributed by atoms with Gasteiger partial charge in [0.05, 0.1) is 0 Å². The Bertz CT molecular complexity index is 59.0. The second-order valence-corrected chi connectivity index (χ2v) is 7.57. The molecule has 9 heavy (non-hydrogen) atoms. The number of aliphatic hydroxyl groups excluding tert-OH is 2. The van der Waals surface area contributed by atoms with Crippen molar-refractivity contribution in [2.45, 2.75) is 22.5 Å². The van der Waals surface area contributed by atoms with Crippen LogP contribution in [0.5, 0.6) is 0 Å². The molecule has 0 rings (SSSR count). The van der Waals surface area contributed by atoms with Crippen LogP contribution in [0, 0.1) is 0 Å². The van der Waals surface area contributed by atoms with E-state index in [2.05, 4.69) is 5.71 Å². The molecule has 2 N–H and O–H groups in total. The molecule has 0 aliphatic carbocycles. The zero-order chi connectivity index (χ0) is 7.11. The summed E-state index contributed by atoms with van der Waals surface area (Å²) >= 11 is -0.689. The van der Waals surface area contributed by atoms with Gasteiger partial charge in [0.25, 0.3) is 0 Å². The molecule has 1 unspecified atom stereocenters. The SMILES string of the molecule is C[As](CCO)CCCO. The quantitative estimate of drug-likeness (QED) is 0.625. The fourth-order valence-corrected chi connectivity index (χ4v) is 3.24. The molecular formula is C6H15AsO2. The summed E-state index contributed by atoms with van der Waals surface area (Å²) in [6.07, 6.45) is 0.927. The Kier molecular flexibility index (Phi) is 6.95. The van der Waals surface area contributed by atoms with Crippen LogP contribution in [-0.2, 0) is 0 Å². The Hall–Kier alpha value is 0.478. The minimum atomic E-state index is -0.689. The zero-order valence-electron chi connectivity index (χ0n) is 5.88. The predicted molar refractivity (Wildman–Crippen MR) is 40.0 cm³/mol. The van der Waals surface area contributed by atoms with Crippen molar-refractivity contribution in [2.24, 2.45) is 0 Å². The molecular weight excluding hydrogens is 179 g/mol. The van der Waals surface area contributed by atoms with Crippen LogP contribution in [-0.4, -0.2) is 38.1 Å². The molecule has 1 atom stereocenters. The molecule has 0 saturated carbocycles. The zero-order valence-corrected chi connectivity index (χ0v) is 7.75. The van der Waals surface area contributed by atoms with E-state index in [0.29, 0.717) is 13.2 Å². The first-order valence-electron chi connectivity index (χ1n) is 3.21. The minimum absolute atomic E-state index is 0.310. The molecule has 2 nitrogen and oxygen atoms in total. The first kappa shape index (κ1) is 9.48. The summed E-state index contributed by atoms with van der Waals surface area (Å²) in [5.41, 5.74) is 2.24. The third kappa shape index (κ3) is 6.36. The molecule has 0 heterocycles. The summed E-state index contributed by atoms with van der Waals surface area (Å²) in [5, 5.41) is 19.1. The number of rotatable bonds is 5. The molecule has 0 radical (unpaired) electrons. The number of aliphatic hydroxyl groups is 2. The van der Waals surface area contributed by atoms with E-state index in [1.54, 1.807) is 0 Å². The van der Waals surface area contributed by atoms with Gasteiger partial charge in [0.15, 0.2) is 0 Å². The molecule has 0 fully saturated rings. The second kappa shape index (κ2) is 6.60. The summed E-state index contributed by atoms with van der Waals surface area (Å²) in [6.45, 7) is 0.645. The fourth-order valence-electron chi connectivity index (χ4n) is 0.623. The summed E-state index contributed by atoms with van der Waals surface area (Å²) in [4.78, 5) is 0. The van der Waals surface area contributed by atoms with Gasteiger partial charge in [-0.05, 0) is 0 Å². The second-order valence-electron chi connectivity index (χ2n) is 2.10. The van der Waals surface area contributed by atoms with Gasteiger partial charge in [-0.25, -0.2) is 0 Å². The van der Waals surface area contributed by atoms with Crippen LogP contribution < -0.4 is 0 Å². The van der Waals surface area contributed by atoms with Gasteiger partial charge in [-0.3, -0.25) is 0 Å². The van der Waals surface area contributed by atoms with Crippen molar-refractivity contribution in [3.63, 3.8) is 0 Å². The van der Waals surface area contributed by atoms with Gasteiger partial charge in [-0.1, -0.05) is 0 Å². The Morgan fingerprint density at radius 1 is 1.11 bits per heavy atom. The maximum absolute atomic E-state index is 8.51. The topological polar surface area (TPSA) is 40.5 Å². The van der Waals surface area contributed by atoms with Crippen LogP contribution in [0.15, 0.2) is 0 Å². The molecule has 0 aromatic carbocycles. The van der Waals surface area contributed by atoms with E-state index in [9.17, 15) is 0 Å². The Balaban J connectivity index is 2.95. The van der Waals surface area contributed by atoms with Crippen molar-refractivity contribution >= 4 is 14.7 Å². The van der Waals surface area contributed by atoms with Gasteiger partial charge in [0, 0.05) is 0 Å². The molecule has 0 aromatic heterocycles. The molecule has 56 valence electrons. The molecule has 3 heteroatoms. The Morgan fingerprint density at radius 2 is 1.78 bits per heavy atom. The van der Waals surface area contributed by atoms with E-state index in [1.807, 2.05) is 0 Å². The molecule has 0 aliphatic rings. The fraction of sp³-hybridized carbons (Fsp3) is 1.00. The summed E-state index contributed by atoms with van der Waals surface area (Å²) in [6, 6.07) is 0. The van der Waals surface area contributed by atoms with Crippen molar-refractivity contribution < 1.29 is 10.2 Å². The van der Waals surface area contributed by atoms with E-state index in [4.69, 9.17) is 10.2 Å². The van der Waals surface area contributed by atoms with Crippen molar-refractivity contribution in [1.29, 1.82) is 0 Å². The van der Waals surface area contributed by atoms with Crippen LogP contribution in [0.25, 0.3) is 0 Å². The summed E-state index contributed by atoms with van der Waals surface area (Å²) in [7, 11) is 0.